The van der Waals surface area contributed by atoms with Crippen LogP contribution in [0.1, 0.15) is 10.4 Å². The first-order valence-corrected chi connectivity index (χ1v) is 6.04. The fourth-order valence-electron chi connectivity index (χ4n) is 1.78. The summed E-state index contributed by atoms with van der Waals surface area (Å²) in [6.45, 7) is 0. The van der Waals surface area contributed by atoms with E-state index in [1.165, 1.54) is 25.6 Å². The lowest BCUT2D eigenvalue weighted by Gasteiger charge is -2.09. The number of hydrogen-bond donors (Lipinski definition) is 2. The summed E-state index contributed by atoms with van der Waals surface area (Å²) in [6, 6.07) is 5.54. The first-order chi connectivity index (χ1) is 9.15. The van der Waals surface area contributed by atoms with Crippen LogP contribution in [-0.4, -0.2) is 25.3 Å². The Balaban J connectivity index is 2.82. The maximum Gasteiger partial charge on any atom is 0.180 e. The molecule has 2 rings (SSSR count). The van der Waals surface area contributed by atoms with Crippen LogP contribution in [0.3, 0.4) is 0 Å². The van der Waals surface area contributed by atoms with Gasteiger partial charge in [-0.05, 0) is 6.07 Å². The minimum absolute atomic E-state index is 0.00280. The van der Waals surface area contributed by atoms with E-state index in [0.29, 0.717) is 27.3 Å². The Hall–Kier alpha value is -2.46. The average molecular weight is 277 g/mol. The van der Waals surface area contributed by atoms with Crippen LogP contribution in [0.15, 0.2) is 17.3 Å². The highest BCUT2D eigenvalue weighted by Crippen LogP contribution is 2.40. The van der Waals surface area contributed by atoms with Crippen LogP contribution < -0.4 is 15.2 Å². The Morgan fingerprint density at radius 3 is 2.68 bits per heavy atom. The van der Waals surface area contributed by atoms with Gasteiger partial charge in [-0.2, -0.15) is 5.26 Å². The molecule has 6 nitrogen and oxygen atoms in total. The monoisotopic (exact) mass is 277 g/mol. The molecule has 0 fully saturated rings. The Labute approximate surface area is 113 Å². The van der Waals surface area contributed by atoms with Crippen LogP contribution in [0.4, 0.5) is 0 Å². The molecule has 0 aliphatic heterocycles. The van der Waals surface area contributed by atoms with Gasteiger partial charge in [-0.15, -0.1) is 11.3 Å². The van der Waals surface area contributed by atoms with Crippen molar-refractivity contribution >= 4 is 27.3 Å². The third-order valence-corrected chi connectivity index (χ3v) is 3.74. The number of ether oxygens (including phenoxy) is 2. The number of rotatable bonds is 3. The molecule has 19 heavy (non-hydrogen) atoms. The van der Waals surface area contributed by atoms with Crippen molar-refractivity contribution in [1.29, 1.82) is 5.26 Å². The minimum Gasteiger partial charge on any atom is -0.493 e. The van der Waals surface area contributed by atoms with Crippen molar-refractivity contribution in [3.63, 3.8) is 0 Å². The SMILES string of the molecule is COc1cc2sc(/C(N)=N/O)cc2c(C#N)c1OC. The molecule has 2 aromatic rings. The molecular weight excluding hydrogens is 266 g/mol. The van der Waals surface area contributed by atoms with Gasteiger partial charge in [-0.3, -0.25) is 0 Å². The van der Waals surface area contributed by atoms with Gasteiger partial charge in [-0.25, -0.2) is 0 Å². The number of oxime groups is 1. The highest BCUT2D eigenvalue weighted by molar-refractivity contribution is 7.21. The van der Waals surface area contributed by atoms with Crippen molar-refractivity contribution in [3.8, 4) is 17.6 Å². The lowest BCUT2D eigenvalue weighted by atomic mass is 10.1. The summed E-state index contributed by atoms with van der Waals surface area (Å²) >= 11 is 1.31. The maximum absolute atomic E-state index is 9.28. The smallest absolute Gasteiger partial charge is 0.180 e. The van der Waals surface area contributed by atoms with Crippen molar-refractivity contribution in [2.75, 3.05) is 14.2 Å². The zero-order valence-corrected chi connectivity index (χ0v) is 11.1. The van der Waals surface area contributed by atoms with Crippen molar-refractivity contribution < 1.29 is 14.7 Å². The third-order valence-electron chi connectivity index (χ3n) is 2.64. The third kappa shape index (κ3) is 2.02. The summed E-state index contributed by atoms with van der Waals surface area (Å²) in [5, 5.41) is 21.6. The highest BCUT2D eigenvalue weighted by Gasteiger charge is 2.18. The minimum atomic E-state index is 0.00280. The molecule has 0 saturated carbocycles. The number of nitrogens with two attached hydrogens (primary N) is 1. The summed E-state index contributed by atoms with van der Waals surface area (Å²) in [4.78, 5) is 0.573. The predicted molar refractivity (Wildman–Crippen MR) is 72.2 cm³/mol. The summed E-state index contributed by atoms with van der Waals surface area (Å²) in [7, 11) is 2.98. The molecule has 0 saturated heterocycles. The maximum atomic E-state index is 9.28. The lowest BCUT2D eigenvalue weighted by Crippen LogP contribution is -2.10. The Bertz CT molecular complexity index is 700. The zero-order valence-electron chi connectivity index (χ0n) is 10.3. The second-order valence-corrected chi connectivity index (χ2v) is 4.69. The molecular formula is C12H11N3O3S. The number of methoxy groups -OCH3 is 2. The van der Waals surface area contributed by atoms with E-state index in [9.17, 15) is 5.26 Å². The van der Waals surface area contributed by atoms with E-state index in [4.69, 9.17) is 20.4 Å². The molecule has 0 amide bonds. The second kappa shape index (κ2) is 5.04. The van der Waals surface area contributed by atoms with Crippen LogP contribution in [0.5, 0.6) is 11.5 Å². The summed E-state index contributed by atoms with van der Waals surface area (Å²) in [5.41, 5.74) is 5.92. The fraction of sp³-hybridized carbons (Fsp3) is 0.167. The first-order valence-electron chi connectivity index (χ1n) is 5.22. The van der Waals surface area contributed by atoms with Gasteiger partial charge in [0.2, 0.25) is 0 Å². The van der Waals surface area contributed by atoms with Crippen LogP contribution in [0.25, 0.3) is 10.1 Å². The topological polar surface area (TPSA) is 101 Å². The second-order valence-electron chi connectivity index (χ2n) is 3.61. The number of fused-ring (bicyclic) bond motifs is 1. The number of amidine groups is 1. The Morgan fingerprint density at radius 2 is 2.16 bits per heavy atom. The molecule has 0 unspecified atom stereocenters. The molecule has 0 atom stereocenters. The van der Waals surface area contributed by atoms with Crippen LogP contribution in [-0.2, 0) is 0 Å². The van der Waals surface area contributed by atoms with E-state index in [1.807, 2.05) is 0 Å². The average Bonchev–Trinajstić information content (AvgIpc) is 2.87. The summed E-state index contributed by atoms with van der Waals surface area (Å²) in [6.07, 6.45) is 0. The largest absolute Gasteiger partial charge is 0.493 e. The van der Waals surface area contributed by atoms with Gasteiger partial charge in [0.05, 0.1) is 19.1 Å². The van der Waals surface area contributed by atoms with E-state index >= 15 is 0 Å². The van der Waals surface area contributed by atoms with Crippen LogP contribution >= 0.6 is 11.3 Å². The number of hydrogen-bond acceptors (Lipinski definition) is 6. The molecule has 98 valence electrons. The number of nitrogens with zero attached hydrogens (tertiary/aromatic N) is 2. The fourth-order valence-corrected chi connectivity index (χ4v) is 2.77. The van der Waals surface area contributed by atoms with Crippen LogP contribution in [0.2, 0.25) is 0 Å². The summed E-state index contributed by atoms with van der Waals surface area (Å²) < 4.78 is 11.2. The normalized spacial score (nSPS) is 11.3. The lowest BCUT2D eigenvalue weighted by molar-refractivity contribution is 0.319. The number of benzene rings is 1. The molecule has 0 bridgehead atoms. The van der Waals surface area contributed by atoms with Crippen molar-refractivity contribution in [3.05, 3.63) is 22.6 Å². The molecule has 1 aromatic heterocycles. The van der Waals surface area contributed by atoms with Gasteiger partial charge in [-0.1, -0.05) is 5.16 Å². The van der Waals surface area contributed by atoms with Gasteiger partial charge in [0.15, 0.2) is 17.3 Å². The van der Waals surface area contributed by atoms with E-state index in [-0.39, 0.29) is 5.84 Å². The van der Waals surface area contributed by atoms with Crippen molar-refractivity contribution in [2.45, 2.75) is 0 Å². The van der Waals surface area contributed by atoms with E-state index in [0.717, 1.165) is 4.70 Å². The summed E-state index contributed by atoms with van der Waals surface area (Å²) in [5.74, 6) is 0.851. The predicted octanol–water partition coefficient (Wildman–Crippen LogP) is 1.88. The molecule has 0 radical (unpaired) electrons. The van der Waals surface area contributed by atoms with E-state index in [1.54, 1.807) is 12.1 Å². The van der Waals surface area contributed by atoms with Gasteiger partial charge in [0.25, 0.3) is 0 Å². The van der Waals surface area contributed by atoms with Crippen molar-refractivity contribution in [2.24, 2.45) is 10.9 Å². The molecule has 0 aliphatic rings. The zero-order chi connectivity index (χ0) is 14.0. The molecule has 7 heteroatoms. The van der Waals surface area contributed by atoms with Crippen LogP contribution in [0, 0.1) is 11.3 Å². The van der Waals surface area contributed by atoms with Gasteiger partial charge in [0, 0.05) is 16.2 Å². The quantitative estimate of drug-likeness (QED) is 0.386. The number of nitriles is 1. The molecule has 1 heterocycles. The van der Waals surface area contributed by atoms with Gasteiger partial charge >= 0.3 is 0 Å². The molecule has 1 aromatic carbocycles. The Morgan fingerprint density at radius 1 is 1.42 bits per heavy atom. The van der Waals surface area contributed by atoms with Gasteiger partial charge in [0.1, 0.15) is 11.6 Å². The Kier molecular flexibility index (Phi) is 3.44. The standard InChI is InChI=1S/C12H11N3O3S/c1-17-8-4-9-6(7(5-13)11(8)18-2)3-10(19-9)12(14)15-16/h3-4,16H,1-2H3,(H2,14,15). The number of thiophene rings is 1. The van der Waals surface area contributed by atoms with Crippen molar-refractivity contribution in [1.82, 2.24) is 0 Å². The molecule has 0 spiro atoms. The van der Waals surface area contributed by atoms with Gasteiger partial charge < -0.3 is 20.4 Å². The molecule has 3 N–H and O–H groups in total. The van der Waals surface area contributed by atoms with E-state index in [2.05, 4.69) is 11.2 Å². The molecule has 0 aliphatic carbocycles. The van der Waals surface area contributed by atoms with E-state index < -0.39 is 0 Å². The highest BCUT2D eigenvalue weighted by atomic mass is 32.1. The first kappa shape index (κ1) is 13.0.